The van der Waals surface area contributed by atoms with Crippen molar-refractivity contribution in [2.45, 2.75) is 13.3 Å². The predicted octanol–water partition coefficient (Wildman–Crippen LogP) is 6.40. The number of rotatable bonds is 7. The Morgan fingerprint density at radius 2 is 1.72 bits per heavy atom. The third-order valence-corrected chi connectivity index (χ3v) is 5.03. The van der Waals surface area contributed by atoms with Gasteiger partial charge in [0.15, 0.2) is 0 Å². The lowest BCUT2D eigenvalue weighted by Gasteiger charge is -2.17. The fraction of sp³-hybridized carbons (Fsp3) is 0.130. The van der Waals surface area contributed by atoms with Crippen LogP contribution in [-0.4, -0.2) is 18.5 Å². The fourth-order valence-corrected chi connectivity index (χ4v) is 3.15. The molecule has 0 aliphatic carbocycles. The Morgan fingerprint density at radius 1 is 1.03 bits per heavy atom. The highest BCUT2D eigenvalue weighted by molar-refractivity contribution is 7.82. The molecule has 0 atom stereocenters. The van der Waals surface area contributed by atoms with Gasteiger partial charge in [-0.25, -0.2) is 13.5 Å². The van der Waals surface area contributed by atoms with Crippen LogP contribution in [0.3, 0.4) is 0 Å². The minimum absolute atomic E-state index is 0.0588. The minimum atomic E-state index is -0.607. The molecule has 0 aliphatic heterocycles. The average Bonchev–Trinajstić information content (AvgIpc) is 2.79. The van der Waals surface area contributed by atoms with E-state index in [1.54, 1.807) is 48.5 Å². The monoisotopic (exact) mass is 473 g/mol. The zero-order valence-corrected chi connectivity index (χ0v) is 18.8. The molecule has 3 amide bonds. The standard InChI is InChI=1S/C23H21ClFN3O3S/c1-2-13-31-21-12-9-16(14-19(21)24)27-23(30)28(32)17-10-7-15(8-11-17)26-22(29)18-5-3-4-6-20(18)25/h3-12,14,32H,2,13H2,1H3,(H,26,29)(H,27,30). The lowest BCUT2D eigenvalue weighted by molar-refractivity contribution is 0.102. The first-order chi connectivity index (χ1) is 15.4. The SMILES string of the molecule is CCCOc1ccc(NC(=O)N(S)c2ccc(NC(=O)c3ccccc3F)cc2)cc1Cl. The normalized spacial score (nSPS) is 10.4. The van der Waals surface area contributed by atoms with Crippen molar-refractivity contribution in [3.05, 3.63) is 83.1 Å². The highest BCUT2D eigenvalue weighted by Crippen LogP contribution is 2.28. The van der Waals surface area contributed by atoms with E-state index < -0.39 is 17.8 Å². The van der Waals surface area contributed by atoms with Gasteiger partial charge in [0.1, 0.15) is 11.6 Å². The number of carbonyl (C=O) groups excluding carboxylic acids is 2. The zero-order valence-electron chi connectivity index (χ0n) is 17.1. The number of amides is 3. The number of ether oxygens (including phenoxy) is 1. The van der Waals surface area contributed by atoms with Crippen molar-refractivity contribution in [1.29, 1.82) is 0 Å². The average molecular weight is 474 g/mol. The van der Waals surface area contributed by atoms with Gasteiger partial charge in [-0.3, -0.25) is 4.79 Å². The molecule has 2 N–H and O–H groups in total. The van der Waals surface area contributed by atoms with Crippen LogP contribution in [-0.2, 0) is 0 Å². The van der Waals surface area contributed by atoms with Crippen LogP contribution in [0.5, 0.6) is 5.75 Å². The topological polar surface area (TPSA) is 70.7 Å². The van der Waals surface area contributed by atoms with E-state index in [1.807, 2.05) is 6.92 Å². The number of hydrogen-bond acceptors (Lipinski definition) is 4. The highest BCUT2D eigenvalue weighted by Gasteiger charge is 2.15. The van der Waals surface area contributed by atoms with Crippen LogP contribution in [0.2, 0.25) is 5.02 Å². The molecule has 0 bridgehead atoms. The summed E-state index contributed by atoms with van der Waals surface area (Å²) in [6, 6.07) is 16.5. The fourth-order valence-electron chi connectivity index (χ4n) is 2.73. The van der Waals surface area contributed by atoms with E-state index in [9.17, 15) is 14.0 Å². The molecule has 6 nitrogen and oxygen atoms in total. The summed E-state index contributed by atoms with van der Waals surface area (Å²) in [5.41, 5.74) is 1.33. The molecule has 3 rings (SSSR count). The summed E-state index contributed by atoms with van der Waals surface area (Å²) >= 11 is 10.4. The molecule has 9 heteroatoms. The van der Waals surface area contributed by atoms with Gasteiger partial charge in [0.25, 0.3) is 5.91 Å². The molecule has 0 aliphatic rings. The van der Waals surface area contributed by atoms with Crippen LogP contribution in [0.25, 0.3) is 0 Å². The molecule has 0 heterocycles. The summed E-state index contributed by atoms with van der Waals surface area (Å²) in [4.78, 5) is 24.7. The first-order valence-electron chi connectivity index (χ1n) is 9.77. The third kappa shape index (κ3) is 5.93. The van der Waals surface area contributed by atoms with Gasteiger partial charge in [-0.2, -0.15) is 0 Å². The summed E-state index contributed by atoms with van der Waals surface area (Å²) in [5, 5.41) is 5.69. The predicted molar refractivity (Wildman–Crippen MR) is 129 cm³/mol. The van der Waals surface area contributed by atoms with Crippen molar-refractivity contribution in [2.75, 3.05) is 21.5 Å². The van der Waals surface area contributed by atoms with Crippen LogP contribution in [0.4, 0.5) is 26.2 Å². The molecule has 0 unspecified atom stereocenters. The van der Waals surface area contributed by atoms with E-state index in [0.717, 1.165) is 10.7 Å². The summed E-state index contributed by atoms with van der Waals surface area (Å²) in [6.45, 7) is 2.54. The second kappa shape index (κ2) is 10.9. The van der Waals surface area contributed by atoms with Crippen molar-refractivity contribution in [1.82, 2.24) is 0 Å². The molecule has 0 saturated heterocycles. The lowest BCUT2D eigenvalue weighted by atomic mass is 10.2. The summed E-state index contributed by atoms with van der Waals surface area (Å²) in [6.07, 6.45) is 0.856. The number of urea groups is 1. The number of carbonyl (C=O) groups is 2. The van der Waals surface area contributed by atoms with Crippen LogP contribution in [0, 0.1) is 5.82 Å². The molecule has 3 aromatic rings. The molecular formula is C23H21ClFN3O3S. The summed E-state index contributed by atoms with van der Waals surface area (Å²) < 4.78 is 20.4. The molecule has 0 fully saturated rings. The van der Waals surface area contributed by atoms with E-state index in [1.165, 1.54) is 18.2 Å². The van der Waals surface area contributed by atoms with Crippen LogP contribution >= 0.6 is 24.4 Å². The molecule has 0 radical (unpaired) electrons. The van der Waals surface area contributed by atoms with Crippen molar-refractivity contribution < 1.29 is 18.7 Å². The Morgan fingerprint density at radius 3 is 2.38 bits per heavy atom. The number of thiol groups is 1. The van der Waals surface area contributed by atoms with Crippen LogP contribution in [0.1, 0.15) is 23.7 Å². The molecule has 0 aromatic heterocycles. The number of nitrogens with zero attached hydrogens (tertiary/aromatic N) is 1. The number of hydrogen-bond donors (Lipinski definition) is 3. The van der Waals surface area contributed by atoms with Crippen LogP contribution in [0.15, 0.2) is 66.7 Å². The van der Waals surface area contributed by atoms with E-state index in [2.05, 4.69) is 23.4 Å². The van der Waals surface area contributed by atoms with Gasteiger partial charge >= 0.3 is 6.03 Å². The molecule has 0 spiro atoms. The maximum absolute atomic E-state index is 13.7. The van der Waals surface area contributed by atoms with Gasteiger partial charge in [0.05, 0.1) is 22.9 Å². The van der Waals surface area contributed by atoms with Gasteiger partial charge in [-0.15, -0.1) is 0 Å². The second-order valence-electron chi connectivity index (χ2n) is 6.72. The zero-order chi connectivity index (χ0) is 23.1. The van der Waals surface area contributed by atoms with Gasteiger partial charge < -0.3 is 15.4 Å². The number of halogens is 2. The maximum Gasteiger partial charge on any atom is 0.336 e. The van der Waals surface area contributed by atoms with Crippen molar-refractivity contribution in [3.63, 3.8) is 0 Å². The third-order valence-electron chi connectivity index (χ3n) is 4.33. The van der Waals surface area contributed by atoms with E-state index >= 15 is 0 Å². The lowest BCUT2D eigenvalue weighted by Crippen LogP contribution is -2.26. The Bertz CT molecular complexity index is 1110. The number of benzene rings is 3. The van der Waals surface area contributed by atoms with Gasteiger partial charge in [-0.1, -0.05) is 43.5 Å². The molecule has 32 heavy (non-hydrogen) atoms. The maximum atomic E-state index is 13.7. The number of anilines is 3. The summed E-state index contributed by atoms with van der Waals surface area (Å²) in [5.74, 6) is -0.633. The van der Waals surface area contributed by atoms with E-state index in [-0.39, 0.29) is 5.56 Å². The van der Waals surface area contributed by atoms with E-state index in [0.29, 0.717) is 34.4 Å². The Kier molecular flexibility index (Phi) is 7.97. The quantitative estimate of drug-likeness (QED) is 0.347. The van der Waals surface area contributed by atoms with Crippen molar-refractivity contribution in [3.8, 4) is 5.75 Å². The molecular weight excluding hydrogens is 453 g/mol. The van der Waals surface area contributed by atoms with Gasteiger partial charge in [0.2, 0.25) is 0 Å². The van der Waals surface area contributed by atoms with Gasteiger partial charge in [0, 0.05) is 11.4 Å². The Balaban J connectivity index is 1.62. The Hall–Kier alpha value is -3.23. The van der Waals surface area contributed by atoms with Crippen molar-refractivity contribution in [2.24, 2.45) is 0 Å². The molecule has 166 valence electrons. The smallest absolute Gasteiger partial charge is 0.336 e. The Labute approximate surface area is 195 Å². The summed E-state index contributed by atoms with van der Waals surface area (Å²) in [7, 11) is 0. The highest BCUT2D eigenvalue weighted by atomic mass is 35.5. The van der Waals surface area contributed by atoms with Gasteiger partial charge in [-0.05, 0) is 61.0 Å². The first-order valence-corrected chi connectivity index (χ1v) is 10.5. The number of nitrogens with one attached hydrogen (secondary N) is 2. The minimum Gasteiger partial charge on any atom is -0.492 e. The first kappa shape index (κ1) is 23.4. The largest absolute Gasteiger partial charge is 0.492 e. The van der Waals surface area contributed by atoms with Crippen LogP contribution < -0.4 is 19.7 Å². The molecule has 0 saturated carbocycles. The van der Waals surface area contributed by atoms with E-state index in [4.69, 9.17) is 16.3 Å². The van der Waals surface area contributed by atoms with Crippen molar-refractivity contribution >= 4 is 53.4 Å². The second-order valence-corrected chi connectivity index (χ2v) is 7.52. The molecule has 3 aromatic carbocycles.